The summed E-state index contributed by atoms with van der Waals surface area (Å²) in [5.41, 5.74) is -0.892. The van der Waals surface area contributed by atoms with Crippen LogP contribution in [-0.4, -0.2) is 76.2 Å². The highest BCUT2D eigenvalue weighted by atomic mass is 16.2. The molecule has 3 heterocycles. The Labute approximate surface area is 178 Å². The first-order valence-electron chi connectivity index (χ1n) is 11.7. The summed E-state index contributed by atoms with van der Waals surface area (Å²) in [6.45, 7) is 3.98. The first kappa shape index (κ1) is 21.1. The maximum absolute atomic E-state index is 13.4. The lowest BCUT2D eigenvalue weighted by atomic mass is 9.86. The number of rotatable bonds is 3. The molecular formula is C22H34N4O4. The molecule has 1 N–H and O–H groups in total. The van der Waals surface area contributed by atoms with Crippen LogP contribution >= 0.6 is 0 Å². The molecule has 8 heteroatoms. The lowest BCUT2D eigenvalue weighted by Crippen LogP contribution is -2.57. The van der Waals surface area contributed by atoms with Gasteiger partial charge in [-0.05, 0) is 38.5 Å². The summed E-state index contributed by atoms with van der Waals surface area (Å²) in [6, 6.07) is -0.597. The summed E-state index contributed by atoms with van der Waals surface area (Å²) in [5.74, 6) is 0.218. The van der Waals surface area contributed by atoms with Gasteiger partial charge in [-0.15, -0.1) is 0 Å². The van der Waals surface area contributed by atoms with Crippen molar-refractivity contribution in [2.24, 2.45) is 5.92 Å². The van der Waals surface area contributed by atoms with Crippen LogP contribution in [0.1, 0.15) is 71.1 Å². The Morgan fingerprint density at radius 1 is 0.967 bits per heavy atom. The van der Waals surface area contributed by atoms with Crippen molar-refractivity contribution in [3.8, 4) is 0 Å². The molecule has 1 spiro atoms. The molecule has 0 radical (unpaired) electrons. The average Bonchev–Trinajstić information content (AvgIpc) is 3.02. The fourth-order valence-corrected chi connectivity index (χ4v) is 5.65. The molecule has 0 bridgehead atoms. The number of urea groups is 1. The Hall–Kier alpha value is -2.12. The van der Waals surface area contributed by atoms with E-state index in [4.69, 9.17) is 0 Å². The second-order valence-electron chi connectivity index (χ2n) is 9.34. The zero-order valence-electron chi connectivity index (χ0n) is 18.0. The van der Waals surface area contributed by atoms with Crippen LogP contribution in [0.25, 0.3) is 0 Å². The van der Waals surface area contributed by atoms with E-state index in [9.17, 15) is 19.2 Å². The van der Waals surface area contributed by atoms with E-state index in [1.807, 2.05) is 11.8 Å². The summed E-state index contributed by atoms with van der Waals surface area (Å²) >= 11 is 0. The third kappa shape index (κ3) is 3.81. The van der Waals surface area contributed by atoms with Gasteiger partial charge in [0.05, 0.1) is 6.04 Å². The topological polar surface area (TPSA) is 90.0 Å². The summed E-state index contributed by atoms with van der Waals surface area (Å²) in [6.07, 6.45) is 8.26. The predicted octanol–water partition coefficient (Wildman–Crippen LogP) is 1.88. The van der Waals surface area contributed by atoms with Crippen molar-refractivity contribution < 1.29 is 19.2 Å². The van der Waals surface area contributed by atoms with Crippen molar-refractivity contribution >= 4 is 23.8 Å². The maximum Gasteiger partial charge on any atom is 0.325 e. The van der Waals surface area contributed by atoms with Gasteiger partial charge in [0.25, 0.3) is 5.91 Å². The summed E-state index contributed by atoms with van der Waals surface area (Å²) in [5, 5.41) is 2.95. The minimum Gasteiger partial charge on any atom is -0.343 e. The van der Waals surface area contributed by atoms with Gasteiger partial charge < -0.3 is 15.1 Å². The summed E-state index contributed by atoms with van der Waals surface area (Å²) in [4.78, 5) is 56.2. The zero-order chi connectivity index (χ0) is 21.3. The number of carbonyl (C=O) groups excluding carboxylic acids is 4. The molecule has 0 aromatic heterocycles. The normalized spacial score (nSPS) is 27.5. The van der Waals surface area contributed by atoms with Crippen LogP contribution in [0.3, 0.4) is 0 Å². The van der Waals surface area contributed by atoms with E-state index >= 15 is 0 Å². The quantitative estimate of drug-likeness (QED) is 0.709. The first-order chi connectivity index (χ1) is 14.4. The van der Waals surface area contributed by atoms with Gasteiger partial charge in [-0.1, -0.05) is 26.2 Å². The molecule has 3 aliphatic heterocycles. The Morgan fingerprint density at radius 3 is 2.33 bits per heavy atom. The molecule has 8 nitrogen and oxygen atoms in total. The number of nitrogens with one attached hydrogen (secondary N) is 1. The van der Waals surface area contributed by atoms with E-state index in [1.54, 1.807) is 4.90 Å². The third-order valence-corrected chi connectivity index (χ3v) is 7.49. The molecule has 166 valence electrons. The number of hydrogen-bond donors (Lipinski definition) is 1. The number of hydrogen-bond acceptors (Lipinski definition) is 4. The minimum atomic E-state index is -0.892. The number of amides is 5. The molecule has 1 aliphatic carbocycles. The van der Waals surface area contributed by atoms with Crippen LogP contribution in [0.2, 0.25) is 0 Å². The fraction of sp³-hybridized carbons (Fsp3) is 0.818. The van der Waals surface area contributed by atoms with Crippen molar-refractivity contribution in [2.45, 2.75) is 82.7 Å². The van der Waals surface area contributed by atoms with Crippen LogP contribution in [0.15, 0.2) is 0 Å². The molecule has 3 saturated heterocycles. The molecule has 1 atom stereocenters. The second-order valence-corrected chi connectivity index (χ2v) is 9.34. The van der Waals surface area contributed by atoms with Crippen LogP contribution in [-0.2, 0) is 14.4 Å². The van der Waals surface area contributed by atoms with Gasteiger partial charge in [0.2, 0.25) is 11.8 Å². The molecular weight excluding hydrogens is 384 g/mol. The Morgan fingerprint density at radius 2 is 1.67 bits per heavy atom. The fourth-order valence-electron chi connectivity index (χ4n) is 5.65. The molecule has 4 fully saturated rings. The van der Waals surface area contributed by atoms with Gasteiger partial charge in [0.15, 0.2) is 0 Å². The number of carbonyl (C=O) groups is 4. The first-order valence-corrected chi connectivity index (χ1v) is 11.7. The van der Waals surface area contributed by atoms with Crippen molar-refractivity contribution in [1.82, 2.24) is 20.0 Å². The molecule has 30 heavy (non-hydrogen) atoms. The van der Waals surface area contributed by atoms with Crippen molar-refractivity contribution in [3.63, 3.8) is 0 Å². The largest absolute Gasteiger partial charge is 0.343 e. The summed E-state index contributed by atoms with van der Waals surface area (Å²) < 4.78 is 0. The van der Waals surface area contributed by atoms with Gasteiger partial charge in [-0.3, -0.25) is 19.3 Å². The lowest BCUT2D eigenvalue weighted by molar-refractivity contribution is -0.142. The molecule has 0 aromatic rings. The van der Waals surface area contributed by atoms with E-state index in [2.05, 4.69) is 5.32 Å². The van der Waals surface area contributed by atoms with Crippen LogP contribution in [0.4, 0.5) is 4.79 Å². The van der Waals surface area contributed by atoms with Gasteiger partial charge in [0, 0.05) is 38.5 Å². The SMILES string of the molecule is CCC(=O)N1CCC2(CC1)NC(=O)N([C@@H]1CCCN(C(=O)C3CCCCC3)C1)C2=O. The van der Waals surface area contributed by atoms with Crippen molar-refractivity contribution in [3.05, 3.63) is 0 Å². The lowest BCUT2D eigenvalue weighted by Gasteiger charge is -2.40. The van der Waals surface area contributed by atoms with E-state index in [0.717, 1.165) is 38.5 Å². The molecule has 0 unspecified atom stereocenters. The van der Waals surface area contributed by atoms with E-state index in [0.29, 0.717) is 45.4 Å². The molecule has 4 aliphatic rings. The van der Waals surface area contributed by atoms with Gasteiger partial charge in [0.1, 0.15) is 5.54 Å². The highest BCUT2D eigenvalue weighted by Gasteiger charge is 2.54. The van der Waals surface area contributed by atoms with Crippen molar-refractivity contribution in [2.75, 3.05) is 26.2 Å². The Balaban J connectivity index is 1.41. The summed E-state index contributed by atoms with van der Waals surface area (Å²) in [7, 11) is 0. The van der Waals surface area contributed by atoms with E-state index in [-0.39, 0.29) is 35.7 Å². The molecule has 4 rings (SSSR count). The number of likely N-dealkylation sites (tertiary alicyclic amines) is 2. The van der Waals surface area contributed by atoms with E-state index in [1.165, 1.54) is 11.3 Å². The van der Waals surface area contributed by atoms with Crippen molar-refractivity contribution in [1.29, 1.82) is 0 Å². The van der Waals surface area contributed by atoms with Gasteiger partial charge >= 0.3 is 6.03 Å². The van der Waals surface area contributed by atoms with Crippen LogP contribution < -0.4 is 5.32 Å². The van der Waals surface area contributed by atoms with Gasteiger partial charge in [-0.2, -0.15) is 0 Å². The smallest absolute Gasteiger partial charge is 0.325 e. The minimum absolute atomic E-state index is 0.0858. The number of nitrogens with zero attached hydrogens (tertiary/aromatic N) is 3. The van der Waals surface area contributed by atoms with Crippen LogP contribution in [0, 0.1) is 5.92 Å². The number of piperidine rings is 2. The molecule has 1 saturated carbocycles. The van der Waals surface area contributed by atoms with Gasteiger partial charge in [-0.25, -0.2) is 4.79 Å². The predicted molar refractivity (Wildman–Crippen MR) is 110 cm³/mol. The molecule has 5 amide bonds. The standard InChI is InChI=1S/C22H34N4O4/c1-2-18(27)24-13-10-22(11-14-24)20(29)26(21(30)23-22)17-9-6-12-25(15-17)19(28)16-7-4-3-5-8-16/h16-17H,2-15H2,1H3,(H,23,30)/t17-/m1/s1. The number of imide groups is 1. The zero-order valence-corrected chi connectivity index (χ0v) is 18.0. The highest BCUT2D eigenvalue weighted by molar-refractivity contribution is 6.07. The van der Waals surface area contributed by atoms with E-state index < -0.39 is 5.54 Å². The molecule has 0 aromatic carbocycles. The third-order valence-electron chi connectivity index (χ3n) is 7.49. The van der Waals surface area contributed by atoms with Crippen LogP contribution in [0.5, 0.6) is 0 Å². The maximum atomic E-state index is 13.4. The Bertz CT molecular complexity index is 710. The monoisotopic (exact) mass is 418 g/mol. The Kier molecular flexibility index (Phi) is 6.02. The highest BCUT2D eigenvalue weighted by Crippen LogP contribution is 2.33. The average molecular weight is 419 g/mol. The second kappa shape index (κ2) is 8.55.